The molecule has 0 fully saturated rings. The zero-order valence-electron chi connectivity index (χ0n) is 13.2. The van der Waals surface area contributed by atoms with E-state index in [-0.39, 0.29) is 28.9 Å². The fourth-order valence-corrected chi connectivity index (χ4v) is 2.40. The molecule has 1 heterocycles. The molecule has 9 heteroatoms. The molecule has 0 saturated carbocycles. The Morgan fingerprint density at radius 2 is 1.92 bits per heavy atom. The summed E-state index contributed by atoms with van der Waals surface area (Å²) in [5.74, 6) is 1.47. The molecule has 0 aliphatic carbocycles. The normalized spacial score (nSPS) is 11.7. The first kappa shape index (κ1) is 20.5. The zero-order chi connectivity index (χ0) is 16.7. The summed E-state index contributed by atoms with van der Waals surface area (Å²) in [5.41, 5.74) is 0.882. The number of sulfonamides is 1. The number of halogens is 1. The molecule has 0 saturated heterocycles. The second kappa shape index (κ2) is 9.64. The van der Waals surface area contributed by atoms with Gasteiger partial charge >= 0.3 is 0 Å². The zero-order valence-corrected chi connectivity index (χ0v) is 16.4. The SMILES string of the molecule is CCNC(=NCc1ccc(S(N)(=O)=O)cc1)NCc1ccco1.I. The molecule has 0 atom stereocenters. The van der Waals surface area contributed by atoms with Gasteiger partial charge in [0.1, 0.15) is 5.76 Å². The second-order valence-corrected chi connectivity index (χ2v) is 6.38. The van der Waals surface area contributed by atoms with Gasteiger partial charge in [0.2, 0.25) is 10.0 Å². The van der Waals surface area contributed by atoms with Crippen LogP contribution in [0, 0.1) is 0 Å². The highest BCUT2D eigenvalue weighted by Gasteiger charge is 2.06. The Bertz CT molecular complexity index is 744. The molecule has 0 unspecified atom stereocenters. The summed E-state index contributed by atoms with van der Waals surface area (Å²) in [6.07, 6.45) is 1.62. The maximum absolute atomic E-state index is 11.2. The first-order chi connectivity index (χ1) is 11.0. The molecule has 0 aliphatic rings. The van der Waals surface area contributed by atoms with Crippen LogP contribution in [0.1, 0.15) is 18.2 Å². The molecular weight excluding hydrogens is 443 g/mol. The number of rotatable bonds is 6. The van der Waals surface area contributed by atoms with Gasteiger partial charge in [0, 0.05) is 6.54 Å². The summed E-state index contributed by atoms with van der Waals surface area (Å²) in [4.78, 5) is 4.54. The van der Waals surface area contributed by atoms with E-state index in [9.17, 15) is 8.42 Å². The summed E-state index contributed by atoms with van der Waals surface area (Å²) in [6, 6.07) is 10.0. The Balaban J connectivity index is 0.00000288. The number of nitrogens with zero attached hydrogens (tertiary/aromatic N) is 1. The van der Waals surface area contributed by atoms with Crippen LogP contribution in [0.2, 0.25) is 0 Å². The van der Waals surface area contributed by atoms with Crippen molar-refractivity contribution in [3.05, 3.63) is 54.0 Å². The van der Waals surface area contributed by atoms with Gasteiger partial charge in [-0.05, 0) is 36.8 Å². The molecule has 0 radical (unpaired) electrons. The van der Waals surface area contributed by atoms with Crippen molar-refractivity contribution in [1.29, 1.82) is 0 Å². The fourth-order valence-electron chi connectivity index (χ4n) is 1.88. The number of hydrogen-bond acceptors (Lipinski definition) is 4. The molecule has 1 aromatic heterocycles. The molecule has 1 aromatic carbocycles. The average Bonchev–Trinajstić information content (AvgIpc) is 3.03. The van der Waals surface area contributed by atoms with Crippen LogP contribution in [0.3, 0.4) is 0 Å². The van der Waals surface area contributed by atoms with E-state index in [1.807, 2.05) is 19.1 Å². The topological polar surface area (TPSA) is 110 Å². The minimum atomic E-state index is -3.66. The van der Waals surface area contributed by atoms with Crippen LogP contribution in [-0.4, -0.2) is 20.9 Å². The average molecular weight is 464 g/mol. The third-order valence-corrected chi connectivity index (χ3v) is 3.96. The van der Waals surface area contributed by atoms with Crippen LogP contribution < -0.4 is 15.8 Å². The number of benzene rings is 1. The summed E-state index contributed by atoms with van der Waals surface area (Å²) in [5, 5.41) is 11.4. The van der Waals surface area contributed by atoms with E-state index in [1.165, 1.54) is 12.1 Å². The predicted octanol–water partition coefficient (Wildman–Crippen LogP) is 1.80. The molecule has 0 bridgehead atoms. The highest BCUT2D eigenvalue weighted by molar-refractivity contribution is 14.0. The van der Waals surface area contributed by atoms with Gasteiger partial charge in [0.15, 0.2) is 5.96 Å². The van der Waals surface area contributed by atoms with E-state index >= 15 is 0 Å². The summed E-state index contributed by atoms with van der Waals surface area (Å²) in [6.45, 7) is 3.65. The Morgan fingerprint density at radius 3 is 2.46 bits per heavy atom. The largest absolute Gasteiger partial charge is 0.467 e. The predicted molar refractivity (Wildman–Crippen MR) is 104 cm³/mol. The lowest BCUT2D eigenvalue weighted by Crippen LogP contribution is -2.36. The van der Waals surface area contributed by atoms with Crippen LogP contribution in [0.25, 0.3) is 0 Å². The molecule has 2 aromatic rings. The first-order valence-electron chi connectivity index (χ1n) is 7.15. The van der Waals surface area contributed by atoms with E-state index in [0.717, 1.165) is 17.9 Å². The molecular formula is C15H21IN4O3S. The van der Waals surface area contributed by atoms with Crippen LogP contribution in [0.15, 0.2) is 57.0 Å². The maximum Gasteiger partial charge on any atom is 0.238 e. The monoisotopic (exact) mass is 464 g/mol. The maximum atomic E-state index is 11.2. The molecule has 2 rings (SSSR count). The number of primary sulfonamides is 1. The van der Waals surface area contributed by atoms with Gasteiger partial charge < -0.3 is 15.1 Å². The molecule has 0 aliphatic heterocycles. The highest BCUT2D eigenvalue weighted by atomic mass is 127. The van der Waals surface area contributed by atoms with Gasteiger partial charge in [-0.15, -0.1) is 24.0 Å². The van der Waals surface area contributed by atoms with Gasteiger partial charge in [0.25, 0.3) is 0 Å². The van der Waals surface area contributed by atoms with Crippen molar-refractivity contribution in [3.63, 3.8) is 0 Å². The lowest BCUT2D eigenvalue weighted by atomic mass is 10.2. The van der Waals surface area contributed by atoms with Crippen molar-refractivity contribution in [2.24, 2.45) is 10.1 Å². The van der Waals surface area contributed by atoms with Crippen molar-refractivity contribution in [3.8, 4) is 0 Å². The van der Waals surface area contributed by atoms with Crippen molar-refractivity contribution >= 4 is 40.0 Å². The number of nitrogens with one attached hydrogen (secondary N) is 2. The lowest BCUT2D eigenvalue weighted by Gasteiger charge is -2.10. The smallest absolute Gasteiger partial charge is 0.238 e. The summed E-state index contributed by atoms with van der Waals surface area (Å²) >= 11 is 0. The third kappa shape index (κ3) is 6.49. The number of nitrogens with two attached hydrogens (primary N) is 1. The van der Waals surface area contributed by atoms with E-state index in [2.05, 4.69) is 15.6 Å². The fraction of sp³-hybridized carbons (Fsp3) is 0.267. The molecule has 24 heavy (non-hydrogen) atoms. The van der Waals surface area contributed by atoms with Crippen molar-refractivity contribution < 1.29 is 12.8 Å². The minimum absolute atomic E-state index is 0. The number of furan rings is 1. The number of guanidine groups is 1. The Hall–Kier alpha value is -1.59. The molecule has 4 N–H and O–H groups in total. The Labute approximate surface area is 158 Å². The van der Waals surface area contributed by atoms with E-state index in [4.69, 9.17) is 9.56 Å². The molecule has 132 valence electrons. The van der Waals surface area contributed by atoms with Crippen LogP contribution in [0.4, 0.5) is 0 Å². The van der Waals surface area contributed by atoms with Gasteiger partial charge in [-0.2, -0.15) is 0 Å². The molecule has 7 nitrogen and oxygen atoms in total. The van der Waals surface area contributed by atoms with Gasteiger partial charge in [-0.3, -0.25) is 0 Å². The standard InChI is InChI=1S/C15H20N4O3S.HI/c1-2-17-15(19-11-13-4-3-9-22-13)18-10-12-5-7-14(8-6-12)23(16,20)21;/h3-9H,2,10-11H2,1H3,(H2,16,20,21)(H2,17,18,19);1H. The van der Waals surface area contributed by atoms with E-state index in [0.29, 0.717) is 19.0 Å². The van der Waals surface area contributed by atoms with E-state index in [1.54, 1.807) is 18.4 Å². The van der Waals surface area contributed by atoms with Crippen LogP contribution in [-0.2, 0) is 23.1 Å². The number of aliphatic imine (C=N–C) groups is 1. The number of hydrogen-bond donors (Lipinski definition) is 3. The van der Waals surface area contributed by atoms with Gasteiger partial charge in [0.05, 0.1) is 24.2 Å². The second-order valence-electron chi connectivity index (χ2n) is 4.82. The summed E-state index contributed by atoms with van der Waals surface area (Å²) in [7, 11) is -3.66. The first-order valence-corrected chi connectivity index (χ1v) is 8.70. The van der Waals surface area contributed by atoms with E-state index < -0.39 is 10.0 Å². The van der Waals surface area contributed by atoms with Gasteiger partial charge in [-0.1, -0.05) is 12.1 Å². The minimum Gasteiger partial charge on any atom is -0.467 e. The lowest BCUT2D eigenvalue weighted by molar-refractivity contribution is 0.501. The summed E-state index contributed by atoms with van der Waals surface area (Å²) < 4.78 is 27.7. The quantitative estimate of drug-likeness (QED) is 0.343. The molecule has 0 spiro atoms. The van der Waals surface area contributed by atoms with Crippen LogP contribution in [0.5, 0.6) is 0 Å². The van der Waals surface area contributed by atoms with Crippen molar-refractivity contribution in [1.82, 2.24) is 10.6 Å². The van der Waals surface area contributed by atoms with Crippen molar-refractivity contribution in [2.75, 3.05) is 6.54 Å². The van der Waals surface area contributed by atoms with Gasteiger partial charge in [-0.25, -0.2) is 18.5 Å². The Morgan fingerprint density at radius 1 is 1.21 bits per heavy atom. The van der Waals surface area contributed by atoms with Crippen LogP contribution >= 0.6 is 24.0 Å². The highest BCUT2D eigenvalue weighted by Crippen LogP contribution is 2.09. The van der Waals surface area contributed by atoms with Crippen molar-refractivity contribution in [2.45, 2.75) is 24.9 Å². The Kier molecular flexibility index (Phi) is 8.22. The molecule has 0 amide bonds. The third-order valence-electron chi connectivity index (χ3n) is 3.03.